The number of nitrogens with one attached hydrogen (secondary N) is 1. The average Bonchev–Trinajstić information content (AvgIpc) is 2.77. The molecule has 24 heavy (non-hydrogen) atoms. The fraction of sp³-hybridized carbons (Fsp3) is 0.538. The highest BCUT2D eigenvalue weighted by Gasteiger charge is 2.41. The Labute approximate surface area is 133 Å². The highest BCUT2D eigenvalue weighted by atomic mass is 19.4. The van der Waals surface area contributed by atoms with Crippen molar-refractivity contribution in [2.45, 2.75) is 37.7 Å². The highest BCUT2D eigenvalue weighted by Crippen LogP contribution is 2.33. The number of hydrogen-bond acceptors (Lipinski definition) is 4. The molecule has 7 nitrogen and oxygen atoms in total. The molecule has 0 aliphatic heterocycles. The number of rotatable bonds is 3. The summed E-state index contributed by atoms with van der Waals surface area (Å²) in [6, 6.07) is -1.34. The first-order valence-corrected chi connectivity index (χ1v) is 6.98. The number of nitro groups is 1. The maximum Gasteiger partial charge on any atom is 0.471 e. The predicted octanol–water partition coefficient (Wildman–Crippen LogP) is 2.28. The van der Waals surface area contributed by atoms with Crippen LogP contribution in [0.5, 0.6) is 0 Å². The van der Waals surface area contributed by atoms with Crippen LogP contribution in [0.2, 0.25) is 0 Å². The van der Waals surface area contributed by atoms with Crippen LogP contribution in [0.25, 0.3) is 5.57 Å². The highest BCUT2D eigenvalue weighted by molar-refractivity contribution is 5.82. The van der Waals surface area contributed by atoms with Gasteiger partial charge in [-0.15, -0.1) is 0 Å². The molecule has 1 aromatic heterocycles. The molecule has 2 atom stereocenters. The maximum absolute atomic E-state index is 14.1. The second-order valence-corrected chi connectivity index (χ2v) is 5.36. The van der Waals surface area contributed by atoms with Gasteiger partial charge < -0.3 is 5.32 Å². The van der Waals surface area contributed by atoms with E-state index in [9.17, 15) is 32.5 Å². The molecular formula is C13H14F4N4O3. The first kappa shape index (κ1) is 17.9. The third kappa shape index (κ3) is 3.71. The SMILES string of the molecule is Cn1ncc([N+](=O)[O-])c1C1=CC[C@@H](NC(=O)C(F)(F)F)[C@H](F)CC1. The monoisotopic (exact) mass is 350 g/mol. The third-order valence-corrected chi connectivity index (χ3v) is 3.74. The molecule has 0 fully saturated rings. The summed E-state index contributed by atoms with van der Waals surface area (Å²) in [5.74, 6) is -2.21. The zero-order valence-corrected chi connectivity index (χ0v) is 12.5. The van der Waals surface area contributed by atoms with Crippen LogP contribution in [0.3, 0.4) is 0 Å². The van der Waals surface area contributed by atoms with Gasteiger partial charge in [-0.05, 0) is 24.8 Å². The van der Waals surface area contributed by atoms with E-state index in [4.69, 9.17) is 0 Å². The Morgan fingerprint density at radius 3 is 2.75 bits per heavy atom. The molecule has 0 saturated carbocycles. The largest absolute Gasteiger partial charge is 0.471 e. The predicted molar refractivity (Wildman–Crippen MR) is 74.6 cm³/mol. The van der Waals surface area contributed by atoms with Crippen LogP contribution in [0, 0.1) is 10.1 Å². The lowest BCUT2D eigenvalue weighted by Gasteiger charge is -2.20. The van der Waals surface area contributed by atoms with Gasteiger partial charge in [-0.1, -0.05) is 6.08 Å². The Kier molecular flexibility index (Phi) is 4.90. The molecule has 0 saturated heterocycles. The number of amides is 1. The van der Waals surface area contributed by atoms with Crippen molar-refractivity contribution in [3.63, 3.8) is 0 Å². The number of aromatic nitrogens is 2. The lowest BCUT2D eigenvalue weighted by molar-refractivity contribution is -0.385. The lowest BCUT2D eigenvalue weighted by atomic mass is 10.1. The number of allylic oxidation sites excluding steroid dienone is 1. The van der Waals surface area contributed by atoms with E-state index >= 15 is 0 Å². The zero-order chi connectivity index (χ0) is 18.1. The molecule has 0 spiro atoms. The van der Waals surface area contributed by atoms with Crippen molar-refractivity contribution in [1.82, 2.24) is 15.1 Å². The van der Waals surface area contributed by atoms with E-state index in [1.54, 1.807) is 5.32 Å². The van der Waals surface area contributed by atoms with Crippen LogP contribution < -0.4 is 5.32 Å². The van der Waals surface area contributed by atoms with E-state index in [0.29, 0.717) is 5.57 Å². The molecule has 1 heterocycles. The number of carbonyl (C=O) groups excluding carboxylic acids is 1. The minimum absolute atomic E-state index is 0.0833. The Morgan fingerprint density at radius 2 is 2.17 bits per heavy atom. The van der Waals surface area contributed by atoms with Crippen molar-refractivity contribution in [3.8, 4) is 0 Å². The van der Waals surface area contributed by atoms with E-state index in [0.717, 1.165) is 6.20 Å². The van der Waals surface area contributed by atoms with Gasteiger partial charge >= 0.3 is 17.8 Å². The van der Waals surface area contributed by atoms with E-state index in [2.05, 4.69) is 5.10 Å². The number of halogens is 4. The molecule has 11 heteroatoms. The molecule has 0 aromatic carbocycles. The van der Waals surface area contributed by atoms with Crippen LogP contribution in [0.1, 0.15) is 25.0 Å². The van der Waals surface area contributed by atoms with Crippen LogP contribution in [0.15, 0.2) is 12.3 Å². The van der Waals surface area contributed by atoms with Gasteiger partial charge in [-0.25, -0.2) is 4.39 Å². The average molecular weight is 350 g/mol. The second kappa shape index (κ2) is 6.57. The third-order valence-electron chi connectivity index (χ3n) is 3.74. The number of alkyl halides is 4. The molecule has 1 aliphatic rings. The van der Waals surface area contributed by atoms with Crippen LogP contribution >= 0.6 is 0 Å². The number of carbonyl (C=O) groups is 1. The Hall–Kier alpha value is -2.46. The number of nitrogens with zero attached hydrogens (tertiary/aromatic N) is 3. The minimum Gasteiger partial charge on any atom is -0.342 e. The smallest absolute Gasteiger partial charge is 0.342 e. The fourth-order valence-corrected chi connectivity index (χ4v) is 2.56. The first-order chi connectivity index (χ1) is 11.1. The van der Waals surface area contributed by atoms with Gasteiger partial charge in [0.1, 0.15) is 18.1 Å². The van der Waals surface area contributed by atoms with Gasteiger partial charge in [0.05, 0.1) is 11.0 Å². The van der Waals surface area contributed by atoms with Gasteiger partial charge in [0.15, 0.2) is 0 Å². The summed E-state index contributed by atoms with van der Waals surface area (Å²) in [5, 5.41) is 16.4. The molecule has 2 rings (SSSR count). The van der Waals surface area contributed by atoms with E-state index in [1.165, 1.54) is 17.8 Å². The van der Waals surface area contributed by atoms with Crippen LogP contribution in [-0.2, 0) is 11.8 Å². The quantitative estimate of drug-likeness (QED) is 0.514. The minimum atomic E-state index is -5.10. The van der Waals surface area contributed by atoms with Gasteiger partial charge in [-0.2, -0.15) is 18.3 Å². The van der Waals surface area contributed by atoms with Crippen molar-refractivity contribution in [2.24, 2.45) is 7.05 Å². The summed E-state index contributed by atoms with van der Waals surface area (Å²) in [5.41, 5.74) is 0.319. The molecule has 132 valence electrons. The van der Waals surface area contributed by atoms with Crippen molar-refractivity contribution < 1.29 is 27.3 Å². The first-order valence-electron chi connectivity index (χ1n) is 6.98. The zero-order valence-electron chi connectivity index (χ0n) is 12.5. The van der Waals surface area contributed by atoms with Gasteiger partial charge in [0.2, 0.25) is 0 Å². The Bertz CT molecular complexity index is 683. The summed E-state index contributed by atoms with van der Waals surface area (Å²) in [6.45, 7) is 0. The summed E-state index contributed by atoms with van der Waals surface area (Å²) >= 11 is 0. The fourth-order valence-electron chi connectivity index (χ4n) is 2.56. The molecule has 0 bridgehead atoms. The van der Waals surface area contributed by atoms with Gasteiger partial charge in [-0.3, -0.25) is 19.6 Å². The molecular weight excluding hydrogens is 336 g/mol. The van der Waals surface area contributed by atoms with Gasteiger partial charge in [0.25, 0.3) is 0 Å². The van der Waals surface area contributed by atoms with Crippen LogP contribution in [-0.4, -0.2) is 39.0 Å². The van der Waals surface area contributed by atoms with Crippen LogP contribution in [0.4, 0.5) is 23.2 Å². The Morgan fingerprint density at radius 1 is 1.50 bits per heavy atom. The molecule has 0 unspecified atom stereocenters. The van der Waals surface area contributed by atoms with E-state index in [1.807, 2.05) is 0 Å². The second-order valence-electron chi connectivity index (χ2n) is 5.36. The van der Waals surface area contributed by atoms with E-state index < -0.39 is 29.2 Å². The lowest BCUT2D eigenvalue weighted by Crippen LogP contribution is -2.46. The van der Waals surface area contributed by atoms with E-state index in [-0.39, 0.29) is 30.6 Å². The Balaban J connectivity index is 2.23. The van der Waals surface area contributed by atoms with Crippen molar-refractivity contribution >= 4 is 17.2 Å². The molecule has 1 amide bonds. The number of aryl methyl sites for hydroxylation is 1. The summed E-state index contributed by atoms with van der Waals surface area (Å²) in [7, 11) is 1.48. The normalized spacial score (nSPS) is 21.8. The van der Waals surface area contributed by atoms with Crippen molar-refractivity contribution in [3.05, 3.63) is 28.1 Å². The molecule has 1 aromatic rings. The summed E-state index contributed by atoms with van der Waals surface area (Å²) in [6.07, 6.45) is -4.63. The van der Waals surface area contributed by atoms with Gasteiger partial charge in [0, 0.05) is 7.05 Å². The van der Waals surface area contributed by atoms with Crippen molar-refractivity contribution in [2.75, 3.05) is 0 Å². The van der Waals surface area contributed by atoms with Crippen molar-refractivity contribution in [1.29, 1.82) is 0 Å². The molecule has 1 N–H and O–H groups in total. The maximum atomic E-state index is 14.1. The molecule has 0 radical (unpaired) electrons. The summed E-state index contributed by atoms with van der Waals surface area (Å²) < 4.78 is 52.2. The topological polar surface area (TPSA) is 90.1 Å². The standard InChI is InChI=1S/C13H14F4N4O3/c1-20-11(10(6-18-20)21(23)24)7-2-4-8(14)9(5-3-7)19-12(22)13(15,16)17/h3,6,8-9H,2,4-5H2,1H3,(H,19,22)/t8-,9-/m1/s1. The molecule has 1 aliphatic carbocycles. The number of hydrogen-bond donors (Lipinski definition) is 1. The summed E-state index contributed by atoms with van der Waals surface area (Å²) in [4.78, 5) is 21.4.